The summed E-state index contributed by atoms with van der Waals surface area (Å²) in [5.41, 5.74) is 0. The number of halogens is 1. The highest BCUT2D eigenvalue weighted by molar-refractivity contribution is 9.10. The van der Waals surface area contributed by atoms with Gasteiger partial charge in [-0.2, -0.15) is 0 Å². The van der Waals surface area contributed by atoms with Gasteiger partial charge >= 0.3 is 0 Å². The fraction of sp³-hybridized carbons (Fsp3) is 0.636. The zero-order valence-electron chi connectivity index (χ0n) is 9.87. The summed E-state index contributed by atoms with van der Waals surface area (Å²) in [6, 6.07) is 0.337. The van der Waals surface area contributed by atoms with Gasteiger partial charge in [0.15, 0.2) is 0 Å². The second-order valence-corrected chi connectivity index (χ2v) is 4.77. The number of hydrogen-bond donors (Lipinski definition) is 2. The van der Waals surface area contributed by atoms with Gasteiger partial charge in [0.2, 0.25) is 0 Å². The minimum atomic E-state index is 0.337. The summed E-state index contributed by atoms with van der Waals surface area (Å²) in [5.74, 6) is 1.65. The van der Waals surface area contributed by atoms with E-state index < -0.39 is 0 Å². The van der Waals surface area contributed by atoms with E-state index in [2.05, 4.69) is 36.5 Å². The number of aromatic nitrogens is 2. The number of ether oxygens (including phenoxy) is 1. The van der Waals surface area contributed by atoms with Gasteiger partial charge in [-0.3, -0.25) is 0 Å². The molecule has 1 fully saturated rings. The highest BCUT2D eigenvalue weighted by Gasteiger charge is 2.16. The molecule has 1 aromatic rings. The molecule has 6 heteroatoms. The van der Waals surface area contributed by atoms with Crippen LogP contribution in [0.5, 0.6) is 0 Å². The van der Waals surface area contributed by atoms with Gasteiger partial charge in [-0.1, -0.05) is 0 Å². The summed E-state index contributed by atoms with van der Waals surface area (Å²) in [5, 5.41) is 6.57. The zero-order chi connectivity index (χ0) is 12.1. The van der Waals surface area contributed by atoms with Gasteiger partial charge in [0, 0.05) is 13.2 Å². The van der Waals surface area contributed by atoms with Gasteiger partial charge in [0.05, 0.1) is 12.6 Å². The van der Waals surface area contributed by atoms with Crippen molar-refractivity contribution in [2.45, 2.75) is 25.8 Å². The van der Waals surface area contributed by atoms with Gasteiger partial charge in [0.1, 0.15) is 22.4 Å². The number of rotatable bonds is 4. The third-order valence-corrected chi connectivity index (χ3v) is 3.39. The van der Waals surface area contributed by atoms with Crippen LogP contribution in [0.1, 0.15) is 19.8 Å². The standard InChI is InChI=1S/C11H17BrN4O/c1-2-13-10-9(12)11(15-7-14-10)16-8-4-3-5-17-6-8/h7-8H,2-6H2,1H3,(H2,13,14,15,16). The Hall–Kier alpha value is -0.880. The van der Waals surface area contributed by atoms with Gasteiger partial charge in [-0.25, -0.2) is 9.97 Å². The topological polar surface area (TPSA) is 59.1 Å². The molecule has 2 N–H and O–H groups in total. The van der Waals surface area contributed by atoms with Crippen LogP contribution in [0.2, 0.25) is 0 Å². The zero-order valence-corrected chi connectivity index (χ0v) is 11.5. The van der Waals surface area contributed by atoms with Crippen molar-refractivity contribution in [2.24, 2.45) is 0 Å². The molecule has 2 heterocycles. The van der Waals surface area contributed by atoms with Crippen molar-refractivity contribution in [1.29, 1.82) is 0 Å². The van der Waals surface area contributed by atoms with Crippen LogP contribution in [0, 0.1) is 0 Å². The molecule has 0 aromatic carbocycles. The molecule has 17 heavy (non-hydrogen) atoms. The lowest BCUT2D eigenvalue weighted by atomic mass is 10.1. The minimum Gasteiger partial charge on any atom is -0.379 e. The molecule has 0 bridgehead atoms. The largest absolute Gasteiger partial charge is 0.379 e. The Balaban J connectivity index is 2.06. The van der Waals surface area contributed by atoms with Gasteiger partial charge in [0.25, 0.3) is 0 Å². The predicted octanol–water partition coefficient (Wildman–Crippen LogP) is 2.26. The average Bonchev–Trinajstić information content (AvgIpc) is 2.36. The maximum Gasteiger partial charge on any atom is 0.146 e. The molecular weight excluding hydrogens is 284 g/mol. The van der Waals surface area contributed by atoms with Crippen molar-refractivity contribution in [3.05, 3.63) is 10.8 Å². The van der Waals surface area contributed by atoms with Crippen LogP contribution in [0.25, 0.3) is 0 Å². The molecular formula is C11H17BrN4O. The fourth-order valence-corrected chi connectivity index (χ4v) is 2.27. The summed E-state index contributed by atoms with van der Waals surface area (Å²) in [6.45, 7) is 4.48. The van der Waals surface area contributed by atoms with Crippen LogP contribution in [0.3, 0.4) is 0 Å². The quantitative estimate of drug-likeness (QED) is 0.893. The van der Waals surface area contributed by atoms with E-state index in [1.165, 1.54) is 0 Å². The summed E-state index contributed by atoms with van der Waals surface area (Å²) >= 11 is 3.52. The first-order valence-electron chi connectivity index (χ1n) is 5.90. The van der Waals surface area contributed by atoms with E-state index in [1.807, 2.05) is 6.92 Å². The lowest BCUT2D eigenvalue weighted by molar-refractivity contribution is 0.0875. The van der Waals surface area contributed by atoms with Crippen molar-refractivity contribution in [1.82, 2.24) is 9.97 Å². The average molecular weight is 301 g/mol. The first-order valence-corrected chi connectivity index (χ1v) is 6.69. The minimum absolute atomic E-state index is 0.337. The Morgan fingerprint density at radius 3 is 3.00 bits per heavy atom. The Morgan fingerprint density at radius 2 is 2.29 bits per heavy atom. The SMILES string of the molecule is CCNc1ncnc(NC2CCCOC2)c1Br. The molecule has 1 aromatic heterocycles. The summed E-state index contributed by atoms with van der Waals surface area (Å²) in [4.78, 5) is 8.43. The second kappa shape index (κ2) is 6.16. The third kappa shape index (κ3) is 3.29. The van der Waals surface area contributed by atoms with Crippen molar-refractivity contribution in [3.8, 4) is 0 Å². The maximum absolute atomic E-state index is 5.44. The molecule has 94 valence electrons. The van der Waals surface area contributed by atoms with Crippen molar-refractivity contribution in [2.75, 3.05) is 30.4 Å². The second-order valence-electron chi connectivity index (χ2n) is 3.97. The maximum atomic E-state index is 5.44. The van der Waals surface area contributed by atoms with Crippen LogP contribution in [0.4, 0.5) is 11.6 Å². The summed E-state index contributed by atoms with van der Waals surface area (Å²) < 4.78 is 6.32. The Bertz CT molecular complexity index is 368. The highest BCUT2D eigenvalue weighted by atomic mass is 79.9. The Morgan fingerprint density at radius 1 is 1.47 bits per heavy atom. The molecule has 5 nitrogen and oxygen atoms in total. The molecule has 1 saturated heterocycles. The number of anilines is 2. The molecule has 0 amide bonds. The van der Waals surface area contributed by atoms with Crippen molar-refractivity contribution >= 4 is 27.6 Å². The van der Waals surface area contributed by atoms with Crippen molar-refractivity contribution < 1.29 is 4.74 Å². The molecule has 2 rings (SSSR count). The van der Waals surface area contributed by atoms with Crippen LogP contribution in [-0.4, -0.2) is 35.8 Å². The monoisotopic (exact) mass is 300 g/mol. The Labute approximate surface area is 110 Å². The predicted molar refractivity (Wildman–Crippen MR) is 71.4 cm³/mol. The van der Waals surface area contributed by atoms with E-state index in [0.29, 0.717) is 6.04 Å². The third-order valence-electron chi connectivity index (χ3n) is 2.63. The fourth-order valence-electron chi connectivity index (χ4n) is 1.81. The van der Waals surface area contributed by atoms with Crippen LogP contribution < -0.4 is 10.6 Å². The molecule has 0 saturated carbocycles. The first-order chi connectivity index (χ1) is 8.31. The lowest BCUT2D eigenvalue weighted by Crippen LogP contribution is -2.30. The van der Waals surface area contributed by atoms with Crippen LogP contribution >= 0.6 is 15.9 Å². The van der Waals surface area contributed by atoms with Crippen LogP contribution in [0.15, 0.2) is 10.8 Å². The molecule has 1 aliphatic rings. The Kier molecular flexibility index (Phi) is 4.56. The number of nitrogens with one attached hydrogen (secondary N) is 2. The van der Waals surface area contributed by atoms with Gasteiger partial charge in [-0.15, -0.1) is 0 Å². The van der Waals surface area contributed by atoms with Crippen molar-refractivity contribution in [3.63, 3.8) is 0 Å². The van der Waals surface area contributed by atoms with E-state index in [4.69, 9.17) is 4.74 Å². The van der Waals surface area contributed by atoms with E-state index in [1.54, 1.807) is 6.33 Å². The van der Waals surface area contributed by atoms with Gasteiger partial charge in [-0.05, 0) is 35.7 Å². The summed E-state index contributed by atoms with van der Waals surface area (Å²) in [6.07, 6.45) is 3.78. The molecule has 0 aliphatic carbocycles. The number of nitrogens with zero attached hydrogens (tertiary/aromatic N) is 2. The van der Waals surface area contributed by atoms with E-state index in [-0.39, 0.29) is 0 Å². The number of hydrogen-bond acceptors (Lipinski definition) is 5. The first kappa shape index (κ1) is 12.6. The van der Waals surface area contributed by atoms with E-state index in [9.17, 15) is 0 Å². The smallest absolute Gasteiger partial charge is 0.146 e. The van der Waals surface area contributed by atoms with Crippen LogP contribution in [-0.2, 0) is 4.74 Å². The van der Waals surface area contributed by atoms with E-state index >= 15 is 0 Å². The molecule has 1 atom stereocenters. The molecule has 1 aliphatic heterocycles. The lowest BCUT2D eigenvalue weighted by Gasteiger charge is -2.24. The molecule has 0 spiro atoms. The van der Waals surface area contributed by atoms with Gasteiger partial charge < -0.3 is 15.4 Å². The summed E-state index contributed by atoms with van der Waals surface area (Å²) in [7, 11) is 0. The molecule has 0 radical (unpaired) electrons. The molecule has 1 unspecified atom stereocenters. The highest BCUT2D eigenvalue weighted by Crippen LogP contribution is 2.27. The van der Waals surface area contributed by atoms with E-state index in [0.717, 1.165) is 48.7 Å². The normalized spacial score (nSPS) is 20.0.